The van der Waals surface area contributed by atoms with Gasteiger partial charge >= 0.3 is 5.97 Å². The molecule has 0 N–H and O–H groups in total. The van der Waals surface area contributed by atoms with E-state index in [9.17, 15) is 4.79 Å². The number of unbranched alkanes of at least 4 members (excludes halogenated alkanes) is 2. The lowest BCUT2D eigenvalue weighted by molar-refractivity contribution is -0.141. The molecule has 1 aromatic carbocycles. The van der Waals surface area contributed by atoms with Crippen molar-refractivity contribution in [2.24, 2.45) is 5.41 Å². The van der Waals surface area contributed by atoms with E-state index in [0.717, 1.165) is 17.7 Å². The molecular weight excluding hydrogens is 324 g/mol. The summed E-state index contributed by atoms with van der Waals surface area (Å²) in [4.78, 5) is 16.7. The van der Waals surface area contributed by atoms with Crippen LogP contribution in [-0.4, -0.2) is 11.0 Å². The molecule has 2 rings (SSSR count). The summed E-state index contributed by atoms with van der Waals surface area (Å²) in [5.41, 5.74) is 1.98. The van der Waals surface area contributed by atoms with Crippen LogP contribution < -0.4 is 4.74 Å². The molecule has 1 unspecified atom stereocenters. The van der Waals surface area contributed by atoms with Crippen LogP contribution >= 0.6 is 0 Å². The van der Waals surface area contributed by atoms with Gasteiger partial charge in [0.05, 0.1) is 11.8 Å². The van der Waals surface area contributed by atoms with Crippen molar-refractivity contribution in [1.29, 1.82) is 5.26 Å². The van der Waals surface area contributed by atoms with Crippen molar-refractivity contribution in [3.05, 3.63) is 48.2 Å². The third-order valence-electron chi connectivity index (χ3n) is 4.66. The summed E-state index contributed by atoms with van der Waals surface area (Å²) < 4.78 is 5.34. The van der Waals surface area contributed by atoms with Crippen LogP contribution in [0.3, 0.4) is 0 Å². The Morgan fingerprint density at radius 3 is 2.42 bits per heavy atom. The fourth-order valence-corrected chi connectivity index (χ4v) is 2.50. The molecule has 26 heavy (non-hydrogen) atoms. The summed E-state index contributed by atoms with van der Waals surface area (Å²) in [6, 6.07) is 13.4. The fraction of sp³-hybridized carbons (Fsp3) is 0.409. The molecule has 0 saturated carbocycles. The van der Waals surface area contributed by atoms with Crippen LogP contribution in [0.1, 0.15) is 52.0 Å². The molecule has 1 aromatic heterocycles. The van der Waals surface area contributed by atoms with Crippen LogP contribution in [0.5, 0.6) is 5.75 Å². The molecule has 2 aromatic rings. The summed E-state index contributed by atoms with van der Waals surface area (Å²) in [6.07, 6.45) is 7.05. The molecule has 0 aliphatic heterocycles. The van der Waals surface area contributed by atoms with Crippen LogP contribution in [0.2, 0.25) is 0 Å². The van der Waals surface area contributed by atoms with Gasteiger partial charge in [0.25, 0.3) is 0 Å². The number of hydrogen-bond acceptors (Lipinski definition) is 4. The molecule has 0 saturated heterocycles. The minimum absolute atomic E-state index is 0.412. The highest BCUT2D eigenvalue weighted by atomic mass is 16.5. The minimum Gasteiger partial charge on any atom is -0.425 e. The maximum Gasteiger partial charge on any atom is 0.331 e. The lowest BCUT2D eigenvalue weighted by Gasteiger charge is -2.17. The molecule has 4 nitrogen and oxygen atoms in total. The normalized spacial score (nSPS) is 12.8. The quantitative estimate of drug-likeness (QED) is 0.367. The van der Waals surface area contributed by atoms with E-state index in [4.69, 9.17) is 10.00 Å². The Labute approximate surface area is 155 Å². The van der Waals surface area contributed by atoms with Crippen LogP contribution in [0.25, 0.3) is 11.3 Å². The molecule has 0 amide bonds. The molecule has 4 heteroatoms. The Morgan fingerprint density at radius 1 is 1.15 bits per heavy atom. The number of hydrogen-bond donors (Lipinski definition) is 0. The van der Waals surface area contributed by atoms with Crippen molar-refractivity contribution in [2.45, 2.75) is 52.9 Å². The molecule has 0 aliphatic rings. The van der Waals surface area contributed by atoms with Gasteiger partial charge in [-0.15, -0.1) is 0 Å². The Kier molecular flexibility index (Phi) is 6.91. The standard InChI is InChI=1S/C22H26N2O2/c1-4-6-7-8-17-9-14-20(24-15-17)18-10-12-19(13-11-18)26-21(25)22(3,5-2)16-23/h9-15H,4-8H2,1-3H3. The Balaban J connectivity index is 2.03. The summed E-state index contributed by atoms with van der Waals surface area (Å²) in [5.74, 6) is -0.0883. The lowest BCUT2D eigenvalue weighted by atomic mass is 9.90. The van der Waals surface area contributed by atoms with Gasteiger partial charge in [0.2, 0.25) is 0 Å². The van der Waals surface area contributed by atoms with E-state index >= 15 is 0 Å². The SMILES string of the molecule is CCCCCc1ccc(-c2ccc(OC(=O)C(C)(C#N)CC)cc2)nc1. The monoisotopic (exact) mass is 350 g/mol. The van der Waals surface area contributed by atoms with Gasteiger partial charge in [0.1, 0.15) is 5.75 Å². The number of nitrogens with zero attached hydrogens (tertiary/aromatic N) is 2. The van der Waals surface area contributed by atoms with Crippen LogP contribution in [0.4, 0.5) is 0 Å². The zero-order chi connectivity index (χ0) is 19.0. The van der Waals surface area contributed by atoms with E-state index in [-0.39, 0.29) is 0 Å². The fourth-order valence-electron chi connectivity index (χ4n) is 2.50. The number of ether oxygens (including phenoxy) is 1. The van der Waals surface area contributed by atoms with Gasteiger partial charge in [-0.2, -0.15) is 5.26 Å². The number of carbonyl (C=O) groups excluding carboxylic acids is 1. The Bertz CT molecular complexity index is 760. The number of esters is 1. The number of pyridine rings is 1. The van der Waals surface area contributed by atoms with Crippen molar-refractivity contribution in [1.82, 2.24) is 4.98 Å². The third-order valence-corrected chi connectivity index (χ3v) is 4.66. The van der Waals surface area contributed by atoms with E-state index < -0.39 is 11.4 Å². The predicted molar refractivity (Wildman–Crippen MR) is 103 cm³/mol. The van der Waals surface area contributed by atoms with Crippen molar-refractivity contribution >= 4 is 5.97 Å². The predicted octanol–water partition coefficient (Wildman–Crippen LogP) is 5.33. The van der Waals surface area contributed by atoms with Gasteiger partial charge in [0, 0.05) is 11.8 Å². The first-order valence-corrected chi connectivity index (χ1v) is 9.21. The van der Waals surface area contributed by atoms with Gasteiger partial charge in [-0.1, -0.05) is 32.8 Å². The maximum absolute atomic E-state index is 12.1. The zero-order valence-corrected chi connectivity index (χ0v) is 15.8. The van der Waals surface area contributed by atoms with Gasteiger partial charge in [-0.05, 0) is 62.1 Å². The largest absolute Gasteiger partial charge is 0.425 e. The number of aromatic nitrogens is 1. The van der Waals surface area contributed by atoms with E-state index in [0.29, 0.717) is 12.2 Å². The number of carbonyl (C=O) groups is 1. The van der Waals surface area contributed by atoms with E-state index in [1.54, 1.807) is 26.0 Å². The first-order chi connectivity index (χ1) is 12.5. The first-order valence-electron chi connectivity index (χ1n) is 9.21. The minimum atomic E-state index is -1.12. The summed E-state index contributed by atoms with van der Waals surface area (Å²) in [6.45, 7) is 5.59. The Morgan fingerprint density at radius 2 is 1.88 bits per heavy atom. The number of benzene rings is 1. The lowest BCUT2D eigenvalue weighted by Crippen LogP contribution is -2.29. The van der Waals surface area contributed by atoms with Crippen molar-refractivity contribution in [3.8, 4) is 23.1 Å². The molecule has 0 radical (unpaired) electrons. The van der Waals surface area contributed by atoms with Gasteiger partial charge < -0.3 is 4.74 Å². The molecule has 0 fully saturated rings. The molecule has 136 valence electrons. The van der Waals surface area contributed by atoms with Crippen molar-refractivity contribution in [2.75, 3.05) is 0 Å². The second-order valence-electron chi connectivity index (χ2n) is 6.72. The highest BCUT2D eigenvalue weighted by molar-refractivity contribution is 5.81. The third kappa shape index (κ3) is 4.92. The smallest absolute Gasteiger partial charge is 0.331 e. The van der Waals surface area contributed by atoms with Crippen LogP contribution in [0, 0.1) is 16.7 Å². The van der Waals surface area contributed by atoms with Crippen LogP contribution in [0.15, 0.2) is 42.6 Å². The van der Waals surface area contributed by atoms with E-state index in [1.807, 2.05) is 30.5 Å². The van der Waals surface area contributed by atoms with E-state index in [1.165, 1.54) is 24.8 Å². The van der Waals surface area contributed by atoms with Crippen LogP contribution in [-0.2, 0) is 11.2 Å². The average Bonchev–Trinajstić information content (AvgIpc) is 2.68. The molecule has 0 aliphatic carbocycles. The maximum atomic E-state index is 12.1. The number of nitriles is 1. The topological polar surface area (TPSA) is 63.0 Å². The second kappa shape index (κ2) is 9.15. The number of rotatable bonds is 8. The first kappa shape index (κ1) is 19.7. The molecular formula is C22H26N2O2. The highest BCUT2D eigenvalue weighted by Gasteiger charge is 2.33. The van der Waals surface area contributed by atoms with Gasteiger partial charge in [-0.25, -0.2) is 4.79 Å². The van der Waals surface area contributed by atoms with Gasteiger partial charge in [0.15, 0.2) is 5.41 Å². The summed E-state index contributed by atoms with van der Waals surface area (Å²) >= 11 is 0. The molecule has 1 atom stereocenters. The van der Waals surface area contributed by atoms with Crippen molar-refractivity contribution < 1.29 is 9.53 Å². The average molecular weight is 350 g/mol. The number of aryl methyl sites for hydroxylation is 1. The zero-order valence-electron chi connectivity index (χ0n) is 15.8. The van der Waals surface area contributed by atoms with E-state index in [2.05, 4.69) is 18.0 Å². The van der Waals surface area contributed by atoms with Crippen molar-refractivity contribution in [3.63, 3.8) is 0 Å². The van der Waals surface area contributed by atoms with Gasteiger partial charge in [-0.3, -0.25) is 4.98 Å². The second-order valence-corrected chi connectivity index (χ2v) is 6.72. The summed E-state index contributed by atoms with van der Waals surface area (Å²) in [5, 5.41) is 9.16. The molecule has 0 spiro atoms. The molecule has 0 bridgehead atoms. The summed E-state index contributed by atoms with van der Waals surface area (Å²) in [7, 11) is 0. The highest BCUT2D eigenvalue weighted by Crippen LogP contribution is 2.25. The Hall–Kier alpha value is -2.67. The molecule has 1 heterocycles.